The third-order valence-electron chi connectivity index (χ3n) is 5.11. The van der Waals surface area contributed by atoms with Crippen LogP contribution in [0.2, 0.25) is 0 Å². The summed E-state index contributed by atoms with van der Waals surface area (Å²) in [7, 11) is 0. The zero-order valence-electron chi connectivity index (χ0n) is 18.7. The van der Waals surface area contributed by atoms with Gasteiger partial charge in [0.25, 0.3) is 5.91 Å². The van der Waals surface area contributed by atoms with E-state index >= 15 is 0 Å². The van der Waals surface area contributed by atoms with Gasteiger partial charge in [0, 0.05) is 5.56 Å². The van der Waals surface area contributed by atoms with E-state index in [-0.39, 0.29) is 24.5 Å². The Morgan fingerprint density at radius 1 is 1.03 bits per heavy atom. The van der Waals surface area contributed by atoms with Crippen LogP contribution in [0.1, 0.15) is 48.0 Å². The fourth-order valence-corrected chi connectivity index (χ4v) is 3.24. The molecule has 0 aliphatic carbocycles. The lowest BCUT2D eigenvalue weighted by Gasteiger charge is -2.19. The quantitative estimate of drug-likeness (QED) is 0.431. The number of esters is 1. The van der Waals surface area contributed by atoms with Gasteiger partial charge in [-0.2, -0.15) is 0 Å². The van der Waals surface area contributed by atoms with Gasteiger partial charge in [0.1, 0.15) is 18.1 Å². The van der Waals surface area contributed by atoms with Crippen LogP contribution < -0.4 is 14.8 Å². The third-order valence-corrected chi connectivity index (χ3v) is 5.11. The summed E-state index contributed by atoms with van der Waals surface area (Å²) in [6.07, 6.45) is 3.03. The molecule has 1 amide bonds. The summed E-state index contributed by atoms with van der Waals surface area (Å²) in [5.74, 6) is 0.573. The number of amides is 1. The Morgan fingerprint density at radius 3 is 2.48 bits per heavy atom. The SMILES string of the molecule is CC(C)(C)c1ccc(C(=O)N/C(=C\c2ccc3c(c2)OCO3)C(=O)OCc2ccco2)cc1. The Labute approximate surface area is 192 Å². The van der Waals surface area contributed by atoms with E-state index < -0.39 is 11.9 Å². The average Bonchev–Trinajstić information content (AvgIpc) is 3.48. The summed E-state index contributed by atoms with van der Waals surface area (Å²) in [6.45, 7) is 6.39. The minimum Gasteiger partial charge on any atom is -0.466 e. The average molecular weight is 447 g/mol. The molecule has 3 aromatic rings. The monoisotopic (exact) mass is 447 g/mol. The molecule has 2 aromatic carbocycles. The zero-order valence-corrected chi connectivity index (χ0v) is 18.7. The fourth-order valence-electron chi connectivity index (χ4n) is 3.24. The van der Waals surface area contributed by atoms with Gasteiger partial charge in [0.05, 0.1) is 6.26 Å². The first-order chi connectivity index (χ1) is 15.8. The van der Waals surface area contributed by atoms with Crippen LogP contribution in [0.25, 0.3) is 6.08 Å². The Hall–Kier alpha value is -4.00. The van der Waals surface area contributed by atoms with Crippen LogP contribution in [0.4, 0.5) is 0 Å². The number of fused-ring (bicyclic) bond motifs is 1. The van der Waals surface area contributed by atoms with E-state index in [0.717, 1.165) is 5.56 Å². The molecule has 0 fully saturated rings. The number of carbonyl (C=O) groups excluding carboxylic acids is 2. The summed E-state index contributed by atoms with van der Waals surface area (Å²) in [4.78, 5) is 25.7. The molecular weight excluding hydrogens is 422 g/mol. The number of ether oxygens (including phenoxy) is 3. The minimum absolute atomic E-state index is 0.00896. The molecular formula is C26H25NO6. The molecule has 7 heteroatoms. The predicted octanol–water partition coefficient (Wildman–Crippen LogP) is 4.82. The first-order valence-corrected chi connectivity index (χ1v) is 10.5. The van der Waals surface area contributed by atoms with E-state index in [1.807, 2.05) is 12.1 Å². The lowest BCUT2D eigenvalue weighted by Crippen LogP contribution is -2.28. The minimum atomic E-state index is -0.691. The van der Waals surface area contributed by atoms with E-state index in [0.29, 0.717) is 28.4 Å². The van der Waals surface area contributed by atoms with Crippen molar-refractivity contribution in [2.75, 3.05) is 6.79 Å². The van der Waals surface area contributed by atoms with Crippen LogP contribution >= 0.6 is 0 Å². The summed E-state index contributed by atoms with van der Waals surface area (Å²) in [5, 5.41) is 2.68. The smallest absolute Gasteiger partial charge is 0.355 e. The maximum atomic E-state index is 12.9. The molecule has 33 heavy (non-hydrogen) atoms. The van der Waals surface area contributed by atoms with E-state index in [1.54, 1.807) is 42.5 Å². The number of hydrogen-bond acceptors (Lipinski definition) is 6. The second-order valence-electron chi connectivity index (χ2n) is 8.61. The number of carbonyl (C=O) groups is 2. The molecule has 0 radical (unpaired) electrons. The van der Waals surface area contributed by atoms with Crippen molar-refractivity contribution in [1.29, 1.82) is 0 Å². The molecule has 1 aliphatic heterocycles. The number of benzene rings is 2. The molecule has 0 bridgehead atoms. The predicted molar refractivity (Wildman–Crippen MR) is 122 cm³/mol. The molecule has 4 rings (SSSR count). The Morgan fingerprint density at radius 2 is 1.79 bits per heavy atom. The van der Waals surface area contributed by atoms with Crippen LogP contribution in [-0.2, 0) is 21.6 Å². The molecule has 0 spiro atoms. The van der Waals surface area contributed by atoms with Crippen LogP contribution in [0.15, 0.2) is 71.0 Å². The molecule has 170 valence electrons. The van der Waals surface area contributed by atoms with Gasteiger partial charge in [-0.05, 0) is 59.0 Å². The van der Waals surface area contributed by atoms with Gasteiger partial charge < -0.3 is 23.9 Å². The van der Waals surface area contributed by atoms with Crippen molar-refractivity contribution in [1.82, 2.24) is 5.32 Å². The van der Waals surface area contributed by atoms with Crippen molar-refractivity contribution in [3.8, 4) is 11.5 Å². The molecule has 1 N–H and O–H groups in total. The number of nitrogens with one attached hydrogen (secondary N) is 1. The standard InChI is InChI=1S/C26H25NO6/c1-26(2,3)19-9-7-18(8-10-19)24(28)27-21(25(29)31-15-20-5-4-12-30-20)13-17-6-11-22-23(14-17)33-16-32-22/h4-14H,15-16H2,1-3H3,(H,27,28)/b21-13-. The fraction of sp³-hybridized carbons (Fsp3) is 0.231. The second-order valence-corrected chi connectivity index (χ2v) is 8.61. The van der Waals surface area contributed by atoms with Gasteiger partial charge >= 0.3 is 5.97 Å². The summed E-state index contributed by atoms with van der Waals surface area (Å²) in [5.41, 5.74) is 2.14. The van der Waals surface area contributed by atoms with E-state index in [1.165, 1.54) is 12.3 Å². The Bertz CT molecular complexity index is 1170. The Kier molecular flexibility index (Phi) is 6.22. The molecule has 7 nitrogen and oxygen atoms in total. The number of rotatable bonds is 6. The van der Waals surface area contributed by atoms with Gasteiger partial charge in [-0.1, -0.05) is 39.0 Å². The lowest BCUT2D eigenvalue weighted by molar-refractivity contribution is -0.141. The van der Waals surface area contributed by atoms with Gasteiger partial charge in [0.2, 0.25) is 6.79 Å². The number of furan rings is 1. The summed E-state index contributed by atoms with van der Waals surface area (Å²) < 4.78 is 21.3. The maximum Gasteiger partial charge on any atom is 0.355 e. The van der Waals surface area contributed by atoms with Gasteiger partial charge in [-0.3, -0.25) is 4.79 Å². The van der Waals surface area contributed by atoms with Gasteiger partial charge in [-0.25, -0.2) is 4.79 Å². The van der Waals surface area contributed by atoms with Crippen molar-refractivity contribution in [2.45, 2.75) is 32.8 Å². The van der Waals surface area contributed by atoms with Crippen molar-refractivity contribution < 1.29 is 28.2 Å². The van der Waals surface area contributed by atoms with Crippen molar-refractivity contribution in [3.05, 3.63) is 89.0 Å². The summed E-state index contributed by atoms with van der Waals surface area (Å²) >= 11 is 0. The molecule has 0 saturated carbocycles. The highest BCUT2D eigenvalue weighted by atomic mass is 16.7. The molecule has 0 unspecified atom stereocenters. The number of hydrogen-bond donors (Lipinski definition) is 1. The van der Waals surface area contributed by atoms with Crippen molar-refractivity contribution in [2.24, 2.45) is 0 Å². The molecule has 0 atom stereocenters. The largest absolute Gasteiger partial charge is 0.466 e. The molecule has 1 aliphatic rings. The van der Waals surface area contributed by atoms with Crippen LogP contribution in [0.3, 0.4) is 0 Å². The van der Waals surface area contributed by atoms with E-state index in [2.05, 4.69) is 26.1 Å². The first kappa shape index (κ1) is 22.2. The molecule has 1 aromatic heterocycles. The normalized spacial score (nSPS) is 13.0. The van der Waals surface area contributed by atoms with E-state index in [4.69, 9.17) is 18.6 Å². The highest BCUT2D eigenvalue weighted by Crippen LogP contribution is 2.33. The van der Waals surface area contributed by atoms with Crippen LogP contribution in [0.5, 0.6) is 11.5 Å². The maximum absolute atomic E-state index is 12.9. The lowest BCUT2D eigenvalue weighted by atomic mass is 9.87. The zero-order chi connectivity index (χ0) is 23.4. The second kappa shape index (κ2) is 9.24. The molecule has 0 saturated heterocycles. The first-order valence-electron chi connectivity index (χ1n) is 10.5. The van der Waals surface area contributed by atoms with E-state index in [9.17, 15) is 9.59 Å². The summed E-state index contributed by atoms with van der Waals surface area (Å²) in [6, 6.07) is 15.9. The van der Waals surface area contributed by atoms with Crippen molar-refractivity contribution >= 4 is 18.0 Å². The Balaban J connectivity index is 1.56. The molecule has 2 heterocycles. The highest BCUT2D eigenvalue weighted by molar-refractivity contribution is 6.03. The van der Waals surface area contributed by atoms with Gasteiger partial charge in [0.15, 0.2) is 11.5 Å². The topological polar surface area (TPSA) is 87.0 Å². The van der Waals surface area contributed by atoms with Crippen molar-refractivity contribution in [3.63, 3.8) is 0 Å². The third kappa shape index (κ3) is 5.44. The van der Waals surface area contributed by atoms with Crippen LogP contribution in [0, 0.1) is 0 Å². The van der Waals surface area contributed by atoms with Crippen LogP contribution in [-0.4, -0.2) is 18.7 Å². The highest BCUT2D eigenvalue weighted by Gasteiger charge is 2.19. The van der Waals surface area contributed by atoms with Gasteiger partial charge in [-0.15, -0.1) is 0 Å².